The number of hydrogen-bond donors (Lipinski definition) is 0. The molecule has 0 amide bonds. The molecule has 0 unspecified atom stereocenters. The molecule has 0 aliphatic carbocycles. The van der Waals surface area contributed by atoms with Gasteiger partial charge in [-0.3, -0.25) is 0 Å². The van der Waals surface area contributed by atoms with Crippen molar-refractivity contribution in [3.8, 4) is 23.0 Å². The van der Waals surface area contributed by atoms with Crippen LogP contribution in [0.1, 0.15) is 21.6 Å². The molecule has 4 rings (SSSR count). The summed E-state index contributed by atoms with van der Waals surface area (Å²) in [6.07, 6.45) is 0.651. The quantitative estimate of drug-likeness (QED) is 0.318. The number of hydrogen-bond acceptors (Lipinski definition) is 7. The van der Waals surface area contributed by atoms with Crippen LogP contribution < -0.4 is 18.9 Å². The van der Waals surface area contributed by atoms with Gasteiger partial charge >= 0.3 is 5.97 Å². The van der Waals surface area contributed by atoms with Crippen LogP contribution in [0.3, 0.4) is 0 Å². The summed E-state index contributed by atoms with van der Waals surface area (Å²) in [6.45, 7) is 0. The summed E-state index contributed by atoms with van der Waals surface area (Å²) in [5.74, 6) is 0.905. The first-order chi connectivity index (χ1) is 15.1. The van der Waals surface area contributed by atoms with E-state index in [1.807, 2.05) is 36.4 Å². The maximum atomic E-state index is 12.7. The fourth-order valence-electron chi connectivity index (χ4n) is 3.32. The third-order valence-corrected chi connectivity index (χ3v) is 4.84. The van der Waals surface area contributed by atoms with Gasteiger partial charge in [-0.2, -0.15) is 0 Å². The van der Waals surface area contributed by atoms with Crippen LogP contribution in [0.2, 0.25) is 0 Å². The normalized spacial score (nSPS) is 10.7. The van der Waals surface area contributed by atoms with Crippen LogP contribution in [0.25, 0.3) is 11.0 Å². The van der Waals surface area contributed by atoms with Crippen molar-refractivity contribution in [2.24, 2.45) is 0 Å². The topological polar surface area (TPSA) is 80.0 Å². The number of carbonyl (C=O) groups excluding carboxylic acids is 1. The number of aromatic nitrogens is 1. The molecule has 0 aliphatic rings. The lowest BCUT2D eigenvalue weighted by atomic mass is 10.1. The zero-order valence-electron chi connectivity index (χ0n) is 17.4. The first-order valence-electron chi connectivity index (χ1n) is 9.57. The molecule has 0 saturated carbocycles. The summed E-state index contributed by atoms with van der Waals surface area (Å²) in [4.78, 5) is 12.7. The van der Waals surface area contributed by atoms with E-state index < -0.39 is 5.97 Å². The Kier molecular flexibility index (Phi) is 5.75. The Balaban J connectivity index is 1.57. The Morgan fingerprint density at radius 2 is 1.61 bits per heavy atom. The maximum absolute atomic E-state index is 12.7. The number of benzene rings is 3. The molecule has 158 valence electrons. The highest BCUT2D eigenvalue weighted by Crippen LogP contribution is 2.38. The lowest BCUT2D eigenvalue weighted by Gasteiger charge is -2.13. The third-order valence-electron chi connectivity index (χ3n) is 4.84. The molecule has 0 radical (unpaired) electrons. The van der Waals surface area contributed by atoms with Crippen molar-refractivity contribution in [1.82, 2.24) is 5.16 Å². The molecular formula is C24H21NO6. The highest BCUT2D eigenvalue weighted by Gasteiger charge is 2.19. The second-order valence-electron chi connectivity index (χ2n) is 6.75. The Hall–Kier alpha value is -4.00. The number of nitrogens with zero attached hydrogens (tertiary/aromatic N) is 1. The summed E-state index contributed by atoms with van der Waals surface area (Å²) in [5, 5.41) is 5.04. The molecule has 0 spiro atoms. The molecule has 4 aromatic rings. The van der Waals surface area contributed by atoms with Crippen LogP contribution in [-0.2, 0) is 6.42 Å². The van der Waals surface area contributed by atoms with Gasteiger partial charge in [-0.1, -0.05) is 35.5 Å². The van der Waals surface area contributed by atoms with Gasteiger partial charge in [0.2, 0.25) is 5.75 Å². The molecule has 7 nitrogen and oxygen atoms in total. The predicted molar refractivity (Wildman–Crippen MR) is 114 cm³/mol. The van der Waals surface area contributed by atoms with Gasteiger partial charge in [0.15, 0.2) is 17.1 Å². The van der Waals surface area contributed by atoms with Crippen LogP contribution in [0, 0.1) is 0 Å². The lowest BCUT2D eigenvalue weighted by Crippen LogP contribution is -2.09. The molecule has 7 heteroatoms. The number of ether oxygens (including phenoxy) is 4. The maximum Gasteiger partial charge on any atom is 0.343 e. The number of rotatable bonds is 7. The minimum Gasteiger partial charge on any atom is -0.493 e. The fraction of sp³-hybridized carbons (Fsp3) is 0.167. The Labute approximate surface area is 179 Å². The first kappa shape index (κ1) is 20.3. The minimum absolute atomic E-state index is 0.261. The van der Waals surface area contributed by atoms with E-state index in [-0.39, 0.29) is 5.56 Å². The van der Waals surface area contributed by atoms with E-state index in [2.05, 4.69) is 5.16 Å². The molecule has 1 heterocycles. The predicted octanol–water partition coefficient (Wildman–Crippen LogP) is 4.66. The molecule has 31 heavy (non-hydrogen) atoms. The van der Waals surface area contributed by atoms with Crippen LogP contribution in [-0.4, -0.2) is 32.5 Å². The number of esters is 1. The number of carbonyl (C=O) groups is 1. The van der Waals surface area contributed by atoms with Gasteiger partial charge in [-0.15, -0.1) is 0 Å². The first-order valence-corrected chi connectivity index (χ1v) is 9.57. The second-order valence-corrected chi connectivity index (χ2v) is 6.75. The van der Waals surface area contributed by atoms with Gasteiger partial charge in [-0.05, 0) is 29.8 Å². The van der Waals surface area contributed by atoms with Crippen molar-refractivity contribution in [3.05, 3.63) is 77.5 Å². The number of fused-ring (bicyclic) bond motifs is 1. The third kappa shape index (κ3) is 4.16. The average Bonchev–Trinajstić information content (AvgIpc) is 3.20. The second kappa shape index (κ2) is 8.79. The van der Waals surface area contributed by atoms with Crippen LogP contribution >= 0.6 is 0 Å². The summed E-state index contributed by atoms with van der Waals surface area (Å²) in [5.41, 5.74) is 2.76. The van der Waals surface area contributed by atoms with Crippen molar-refractivity contribution in [1.29, 1.82) is 0 Å². The molecule has 3 aromatic carbocycles. The zero-order chi connectivity index (χ0) is 21.8. The van der Waals surface area contributed by atoms with Crippen molar-refractivity contribution < 1.29 is 28.3 Å². The van der Waals surface area contributed by atoms with Gasteiger partial charge < -0.3 is 23.5 Å². The molecule has 0 N–H and O–H groups in total. The van der Waals surface area contributed by atoms with Crippen molar-refractivity contribution in [2.75, 3.05) is 21.3 Å². The van der Waals surface area contributed by atoms with Gasteiger partial charge in [0.25, 0.3) is 0 Å². The van der Waals surface area contributed by atoms with Gasteiger partial charge in [0.05, 0.1) is 32.6 Å². The van der Waals surface area contributed by atoms with E-state index in [0.29, 0.717) is 35.0 Å². The SMILES string of the molecule is COc1cc(C(=O)Oc2ccc3c(Cc4ccccc4)noc3c2)cc(OC)c1OC. The van der Waals surface area contributed by atoms with Crippen molar-refractivity contribution in [2.45, 2.75) is 6.42 Å². The van der Waals surface area contributed by atoms with Crippen LogP contribution in [0.5, 0.6) is 23.0 Å². The van der Waals surface area contributed by atoms with Gasteiger partial charge in [-0.25, -0.2) is 4.79 Å². The monoisotopic (exact) mass is 419 g/mol. The van der Waals surface area contributed by atoms with Crippen LogP contribution in [0.4, 0.5) is 0 Å². The molecular weight excluding hydrogens is 398 g/mol. The summed E-state index contributed by atoms with van der Waals surface area (Å²) in [6, 6.07) is 18.3. The Morgan fingerprint density at radius 3 is 2.26 bits per heavy atom. The summed E-state index contributed by atoms with van der Waals surface area (Å²) in [7, 11) is 4.46. The molecule has 0 fully saturated rings. The van der Waals surface area contributed by atoms with E-state index in [1.165, 1.54) is 33.5 Å². The minimum atomic E-state index is -0.567. The van der Waals surface area contributed by atoms with E-state index in [9.17, 15) is 4.79 Å². The Morgan fingerprint density at radius 1 is 0.903 bits per heavy atom. The van der Waals surface area contributed by atoms with Crippen molar-refractivity contribution >= 4 is 16.9 Å². The van der Waals surface area contributed by atoms with E-state index in [0.717, 1.165) is 16.6 Å². The van der Waals surface area contributed by atoms with Gasteiger partial charge in [0, 0.05) is 17.9 Å². The van der Waals surface area contributed by atoms with Crippen molar-refractivity contribution in [3.63, 3.8) is 0 Å². The van der Waals surface area contributed by atoms with E-state index in [1.54, 1.807) is 12.1 Å². The van der Waals surface area contributed by atoms with Crippen LogP contribution in [0.15, 0.2) is 65.2 Å². The highest BCUT2D eigenvalue weighted by molar-refractivity contribution is 5.93. The zero-order valence-corrected chi connectivity index (χ0v) is 17.4. The highest BCUT2D eigenvalue weighted by atomic mass is 16.5. The molecule has 0 atom stereocenters. The van der Waals surface area contributed by atoms with E-state index >= 15 is 0 Å². The molecule has 0 aliphatic heterocycles. The average molecular weight is 419 g/mol. The van der Waals surface area contributed by atoms with E-state index in [4.69, 9.17) is 23.5 Å². The summed E-state index contributed by atoms with van der Waals surface area (Å²) >= 11 is 0. The largest absolute Gasteiger partial charge is 0.493 e. The molecule has 1 aromatic heterocycles. The fourth-order valence-corrected chi connectivity index (χ4v) is 3.32. The molecule has 0 bridgehead atoms. The standard InChI is InChI=1S/C24H21NO6/c1-27-21-12-16(13-22(28-2)23(21)29-3)24(26)30-17-9-10-18-19(25-31-20(18)14-17)11-15-7-5-4-6-8-15/h4-10,12-14H,11H2,1-3H3. The smallest absolute Gasteiger partial charge is 0.343 e. The molecule has 0 saturated heterocycles. The number of methoxy groups -OCH3 is 3. The Bertz CT molecular complexity index is 1190. The summed E-state index contributed by atoms with van der Waals surface area (Å²) < 4.78 is 26.9. The van der Waals surface area contributed by atoms with Gasteiger partial charge in [0.1, 0.15) is 5.75 Å². The lowest BCUT2D eigenvalue weighted by molar-refractivity contribution is 0.0734.